The summed E-state index contributed by atoms with van der Waals surface area (Å²) in [5, 5.41) is 8.30. The molecule has 1 heterocycles. The van der Waals surface area contributed by atoms with Crippen molar-refractivity contribution < 1.29 is 13.2 Å². The van der Waals surface area contributed by atoms with E-state index in [9.17, 15) is 13.2 Å². The van der Waals surface area contributed by atoms with Crippen molar-refractivity contribution in [1.82, 2.24) is 10.2 Å². The minimum atomic E-state index is -3.80. The molecule has 1 fully saturated rings. The van der Waals surface area contributed by atoms with Gasteiger partial charge in [0.15, 0.2) is 0 Å². The largest absolute Gasteiger partial charge is 0.336 e. The summed E-state index contributed by atoms with van der Waals surface area (Å²) in [4.78, 5) is 14.0. The Bertz CT molecular complexity index is 592. The Balaban J connectivity index is 2.33. The van der Waals surface area contributed by atoms with E-state index in [0.29, 0.717) is 24.2 Å². The highest BCUT2D eigenvalue weighted by molar-refractivity contribution is 7.89. The van der Waals surface area contributed by atoms with Crippen molar-refractivity contribution >= 4 is 15.9 Å². The molecule has 1 aliphatic heterocycles. The predicted molar refractivity (Wildman–Crippen MR) is 71.3 cm³/mol. The van der Waals surface area contributed by atoms with Gasteiger partial charge in [-0.05, 0) is 24.6 Å². The molecule has 0 atom stereocenters. The van der Waals surface area contributed by atoms with Gasteiger partial charge < -0.3 is 10.2 Å². The molecule has 0 unspecified atom stereocenters. The average molecular weight is 283 g/mol. The molecule has 0 saturated carbocycles. The Labute approximate surface area is 112 Å². The lowest BCUT2D eigenvalue weighted by molar-refractivity contribution is 0.0735. The van der Waals surface area contributed by atoms with Gasteiger partial charge in [-0.3, -0.25) is 4.79 Å². The summed E-state index contributed by atoms with van der Waals surface area (Å²) >= 11 is 0. The van der Waals surface area contributed by atoms with Crippen LogP contribution in [0.4, 0.5) is 0 Å². The van der Waals surface area contributed by atoms with Gasteiger partial charge in [0.25, 0.3) is 5.91 Å². The molecule has 1 aromatic rings. The summed E-state index contributed by atoms with van der Waals surface area (Å²) in [5.41, 5.74) is 0.899. The van der Waals surface area contributed by atoms with E-state index < -0.39 is 10.0 Å². The number of rotatable bonds is 2. The van der Waals surface area contributed by atoms with Gasteiger partial charge in [-0.25, -0.2) is 13.6 Å². The smallest absolute Gasteiger partial charge is 0.253 e. The van der Waals surface area contributed by atoms with Crippen molar-refractivity contribution in [3.05, 3.63) is 29.3 Å². The molecule has 3 N–H and O–H groups in total. The third kappa shape index (κ3) is 3.12. The molecular formula is C12H17N3O3S. The van der Waals surface area contributed by atoms with Crippen LogP contribution in [0, 0.1) is 6.92 Å². The van der Waals surface area contributed by atoms with E-state index in [1.54, 1.807) is 24.0 Å². The maximum atomic E-state index is 12.3. The third-order valence-corrected chi connectivity index (χ3v) is 4.20. The summed E-state index contributed by atoms with van der Waals surface area (Å²) in [6.07, 6.45) is 0. The lowest BCUT2D eigenvalue weighted by atomic mass is 10.1. The Morgan fingerprint density at radius 3 is 2.53 bits per heavy atom. The van der Waals surface area contributed by atoms with Crippen LogP contribution in [0.3, 0.4) is 0 Å². The Morgan fingerprint density at radius 2 is 1.95 bits per heavy atom. The van der Waals surface area contributed by atoms with Crippen LogP contribution in [0.5, 0.6) is 0 Å². The van der Waals surface area contributed by atoms with E-state index >= 15 is 0 Å². The standard InChI is InChI=1S/C12H17N3O3S/c1-9-2-3-10(8-11(9)19(13,17)18)12(16)15-6-4-14-5-7-15/h2-3,8,14H,4-7H2,1H3,(H2,13,17,18). The molecule has 104 valence electrons. The third-order valence-electron chi connectivity index (χ3n) is 3.15. The number of amides is 1. The first-order chi connectivity index (χ1) is 8.89. The van der Waals surface area contributed by atoms with E-state index in [4.69, 9.17) is 5.14 Å². The zero-order chi connectivity index (χ0) is 14.0. The van der Waals surface area contributed by atoms with Crippen molar-refractivity contribution in [2.45, 2.75) is 11.8 Å². The van der Waals surface area contributed by atoms with Crippen molar-refractivity contribution in [2.75, 3.05) is 26.2 Å². The topological polar surface area (TPSA) is 92.5 Å². The monoisotopic (exact) mass is 283 g/mol. The van der Waals surface area contributed by atoms with Gasteiger partial charge in [0.2, 0.25) is 10.0 Å². The number of sulfonamides is 1. The van der Waals surface area contributed by atoms with Gasteiger partial charge in [-0.2, -0.15) is 0 Å². The number of hydrogen-bond donors (Lipinski definition) is 2. The molecule has 0 radical (unpaired) electrons. The highest BCUT2D eigenvalue weighted by atomic mass is 32.2. The summed E-state index contributed by atoms with van der Waals surface area (Å²) in [6.45, 7) is 4.40. The molecule has 0 bridgehead atoms. The normalized spacial score (nSPS) is 16.4. The molecule has 1 aromatic carbocycles. The van der Waals surface area contributed by atoms with Crippen LogP contribution < -0.4 is 10.5 Å². The first kappa shape index (κ1) is 14.0. The number of nitrogens with zero attached hydrogens (tertiary/aromatic N) is 1. The number of primary sulfonamides is 1. The molecule has 1 saturated heterocycles. The van der Waals surface area contributed by atoms with Crippen LogP contribution in [0.15, 0.2) is 23.1 Å². The summed E-state index contributed by atoms with van der Waals surface area (Å²) < 4.78 is 22.9. The maximum absolute atomic E-state index is 12.3. The molecule has 7 heteroatoms. The van der Waals surface area contributed by atoms with Crippen molar-refractivity contribution in [1.29, 1.82) is 0 Å². The minimum Gasteiger partial charge on any atom is -0.336 e. The van der Waals surface area contributed by atoms with Gasteiger partial charge in [-0.1, -0.05) is 6.07 Å². The van der Waals surface area contributed by atoms with Crippen LogP contribution >= 0.6 is 0 Å². The lowest BCUT2D eigenvalue weighted by Gasteiger charge is -2.27. The van der Waals surface area contributed by atoms with E-state index in [1.165, 1.54) is 6.07 Å². The molecule has 1 amide bonds. The second-order valence-corrected chi connectivity index (χ2v) is 6.10. The number of hydrogen-bond acceptors (Lipinski definition) is 4. The fraction of sp³-hybridized carbons (Fsp3) is 0.417. The Morgan fingerprint density at radius 1 is 1.32 bits per heavy atom. The van der Waals surface area contributed by atoms with Crippen LogP contribution in [0.25, 0.3) is 0 Å². The van der Waals surface area contributed by atoms with Crippen molar-refractivity contribution in [2.24, 2.45) is 5.14 Å². The van der Waals surface area contributed by atoms with Crippen LogP contribution in [0.1, 0.15) is 15.9 Å². The van der Waals surface area contributed by atoms with Gasteiger partial charge in [0.1, 0.15) is 0 Å². The van der Waals surface area contributed by atoms with Crippen molar-refractivity contribution in [3.8, 4) is 0 Å². The fourth-order valence-electron chi connectivity index (χ4n) is 2.09. The first-order valence-corrected chi connectivity index (χ1v) is 7.57. The van der Waals surface area contributed by atoms with Crippen LogP contribution in [0.2, 0.25) is 0 Å². The van der Waals surface area contributed by atoms with Crippen LogP contribution in [-0.4, -0.2) is 45.4 Å². The molecule has 1 aliphatic rings. The molecule has 0 aliphatic carbocycles. The highest BCUT2D eigenvalue weighted by Gasteiger charge is 2.20. The zero-order valence-corrected chi connectivity index (χ0v) is 11.5. The Kier molecular flexibility index (Phi) is 3.88. The number of benzene rings is 1. The van der Waals surface area contributed by atoms with Gasteiger partial charge in [0.05, 0.1) is 4.90 Å². The number of carbonyl (C=O) groups is 1. The number of nitrogens with one attached hydrogen (secondary N) is 1. The number of nitrogens with two attached hydrogens (primary N) is 1. The minimum absolute atomic E-state index is 0.00786. The van der Waals surface area contributed by atoms with Crippen LogP contribution in [-0.2, 0) is 10.0 Å². The van der Waals surface area contributed by atoms with E-state index in [1.807, 2.05) is 0 Å². The second kappa shape index (κ2) is 5.28. The Hall–Kier alpha value is -1.44. The van der Waals surface area contributed by atoms with E-state index in [2.05, 4.69) is 5.32 Å². The van der Waals surface area contributed by atoms with Gasteiger partial charge in [0, 0.05) is 31.7 Å². The van der Waals surface area contributed by atoms with E-state index in [0.717, 1.165) is 13.1 Å². The molecule has 2 rings (SSSR count). The lowest BCUT2D eigenvalue weighted by Crippen LogP contribution is -2.46. The summed E-state index contributed by atoms with van der Waals surface area (Å²) in [5.74, 6) is -0.161. The van der Waals surface area contributed by atoms with Crippen molar-refractivity contribution in [3.63, 3.8) is 0 Å². The SMILES string of the molecule is Cc1ccc(C(=O)N2CCNCC2)cc1S(N)(=O)=O. The molecule has 19 heavy (non-hydrogen) atoms. The highest BCUT2D eigenvalue weighted by Crippen LogP contribution is 2.17. The number of carbonyl (C=O) groups excluding carboxylic acids is 1. The predicted octanol–water partition coefficient (Wildman–Crippen LogP) is -0.312. The summed E-state index contributed by atoms with van der Waals surface area (Å²) in [6, 6.07) is 4.60. The quantitative estimate of drug-likeness (QED) is 0.778. The number of aryl methyl sites for hydroxylation is 1. The molecule has 0 spiro atoms. The maximum Gasteiger partial charge on any atom is 0.253 e. The molecule has 6 nitrogen and oxygen atoms in total. The number of piperazine rings is 1. The fourth-order valence-corrected chi connectivity index (χ4v) is 2.90. The van der Waals surface area contributed by atoms with Gasteiger partial charge >= 0.3 is 0 Å². The first-order valence-electron chi connectivity index (χ1n) is 6.03. The molecular weight excluding hydrogens is 266 g/mol. The van der Waals surface area contributed by atoms with Gasteiger partial charge in [-0.15, -0.1) is 0 Å². The zero-order valence-electron chi connectivity index (χ0n) is 10.7. The second-order valence-electron chi connectivity index (χ2n) is 4.57. The molecule has 0 aromatic heterocycles. The van der Waals surface area contributed by atoms with E-state index in [-0.39, 0.29) is 10.8 Å². The average Bonchev–Trinajstić information content (AvgIpc) is 2.38. The summed E-state index contributed by atoms with van der Waals surface area (Å²) in [7, 11) is -3.80.